The van der Waals surface area contributed by atoms with E-state index in [9.17, 15) is 18.1 Å². The molecular weight excluding hydrogens is 368 g/mol. The molecule has 0 spiro atoms. The second-order valence-electron chi connectivity index (χ2n) is 6.30. The smallest absolute Gasteiger partial charge is 0.294 e. The van der Waals surface area contributed by atoms with Gasteiger partial charge in [-0.2, -0.15) is 13.5 Å². The van der Waals surface area contributed by atoms with E-state index in [1.165, 1.54) is 18.2 Å². The summed E-state index contributed by atoms with van der Waals surface area (Å²) in [6, 6.07) is 11.0. The third-order valence-corrected chi connectivity index (χ3v) is 5.62. The van der Waals surface area contributed by atoms with Gasteiger partial charge in [-0.3, -0.25) is 4.55 Å². The molecule has 0 saturated carbocycles. The van der Waals surface area contributed by atoms with Gasteiger partial charge in [0.2, 0.25) is 0 Å². The Kier molecular flexibility index (Phi) is 4.01. The van der Waals surface area contributed by atoms with Crippen LogP contribution in [0.4, 0.5) is 0 Å². The van der Waals surface area contributed by atoms with Crippen LogP contribution < -0.4 is 10.6 Å². The second kappa shape index (κ2) is 6.26. The minimum atomic E-state index is -4.42. The minimum absolute atomic E-state index is 0.0219. The Labute approximate surface area is 155 Å². The molecule has 1 aliphatic carbocycles. The minimum Gasteiger partial charge on any atom is -0.508 e. The average molecular weight is 384 g/mol. The van der Waals surface area contributed by atoms with Gasteiger partial charge in [0.25, 0.3) is 10.1 Å². The van der Waals surface area contributed by atoms with Crippen LogP contribution in [0.25, 0.3) is 0 Å². The van der Waals surface area contributed by atoms with Gasteiger partial charge in [-0.15, -0.1) is 0 Å². The van der Waals surface area contributed by atoms with Crippen molar-refractivity contribution in [2.75, 3.05) is 0 Å². The fourth-order valence-corrected chi connectivity index (χ4v) is 4.31. The fourth-order valence-electron chi connectivity index (χ4n) is 3.56. The van der Waals surface area contributed by atoms with Crippen molar-refractivity contribution in [1.29, 1.82) is 0 Å². The number of phenolic OH excluding ortho intramolecular Hbond substituents is 1. The summed E-state index contributed by atoms with van der Waals surface area (Å²) in [5.74, 6) is 5.53. The summed E-state index contributed by atoms with van der Waals surface area (Å²) < 4.78 is 39.5. The largest absolute Gasteiger partial charge is 0.508 e. The zero-order valence-electron chi connectivity index (χ0n) is 14.0. The van der Waals surface area contributed by atoms with Crippen LogP contribution in [-0.2, 0) is 10.1 Å². The van der Waals surface area contributed by atoms with Gasteiger partial charge < -0.3 is 15.7 Å². The number of fused-ring (bicyclic) bond motifs is 2. The highest BCUT2D eigenvalue weighted by molar-refractivity contribution is 7.85. The lowest BCUT2D eigenvalue weighted by molar-refractivity contribution is 0.320. The highest BCUT2D eigenvalue weighted by atomic mass is 32.2. The molecule has 0 bridgehead atoms. The topological polar surface area (TPSA) is 122 Å². The van der Waals surface area contributed by atoms with E-state index in [1.54, 1.807) is 36.4 Å². The third-order valence-electron chi connectivity index (χ3n) is 4.69. The molecule has 2 aromatic carbocycles. The predicted molar refractivity (Wildman–Crippen MR) is 99.2 cm³/mol. The lowest BCUT2D eigenvalue weighted by atomic mass is 9.76. The number of nitrogens with zero attached hydrogens (tertiary/aromatic N) is 1. The molecular formula is C19H16N2O5S. The number of ether oxygens (including phenoxy) is 1. The predicted octanol–water partition coefficient (Wildman–Crippen LogP) is 2.55. The van der Waals surface area contributed by atoms with Gasteiger partial charge in [0.05, 0.1) is 10.6 Å². The van der Waals surface area contributed by atoms with Crippen molar-refractivity contribution >= 4 is 15.8 Å². The molecule has 8 heteroatoms. The van der Waals surface area contributed by atoms with E-state index in [-0.39, 0.29) is 16.6 Å². The second-order valence-corrected chi connectivity index (χ2v) is 7.69. The van der Waals surface area contributed by atoms with Crippen molar-refractivity contribution in [1.82, 2.24) is 0 Å². The number of benzene rings is 2. The first kappa shape index (κ1) is 17.3. The van der Waals surface area contributed by atoms with Crippen LogP contribution in [0.1, 0.15) is 17.0 Å². The standard InChI is InChI=1S/C19H16N2O5S/c20-21-11-5-7-13-16(9-11)26-17-10-12(22)6-8-14(17)19(13)15-3-1-2-4-18(15)27(23,24)25/h1-10,13,19,22H,20H2,(H,23,24,25)/b21-11-. The highest BCUT2D eigenvalue weighted by Crippen LogP contribution is 2.49. The maximum Gasteiger partial charge on any atom is 0.294 e. The molecule has 4 N–H and O–H groups in total. The van der Waals surface area contributed by atoms with Gasteiger partial charge in [0.1, 0.15) is 17.3 Å². The third kappa shape index (κ3) is 2.98. The Morgan fingerprint density at radius 3 is 2.63 bits per heavy atom. The SMILES string of the molecule is N/N=C1/C=CC2C(=C1)Oc1cc(O)ccc1C2c1ccccc1S(=O)(=O)O. The van der Waals surface area contributed by atoms with Gasteiger partial charge in [-0.05, 0) is 23.8 Å². The average Bonchev–Trinajstić information content (AvgIpc) is 2.64. The number of phenols is 1. The molecule has 2 unspecified atom stereocenters. The van der Waals surface area contributed by atoms with Crippen molar-refractivity contribution in [3.63, 3.8) is 0 Å². The molecule has 0 aromatic heterocycles. The van der Waals surface area contributed by atoms with Gasteiger partial charge in [0.15, 0.2) is 0 Å². The van der Waals surface area contributed by atoms with Gasteiger partial charge >= 0.3 is 0 Å². The molecule has 2 aliphatic rings. The summed E-state index contributed by atoms with van der Waals surface area (Å²) >= 11 is 0. The Morgan fingerprint density at radius 2 is 1.89 bits per heavy atom. The van der Waals surface area contributed by atoms with Crippen molar-refractivity contribution in [3.05, 3.63) is 77.6 Å². The normalized spacial score (nSPS) is 22.6. The van der Waals surface area contributed by atoms with Crippen molar-refractivity contribution in [3.8, 4) is 11.5 Å². The molecule has 4 rings (SSSR count). The number of aromatic hydroxyl groups is 1. The van der Waals surface area contributed by atoms with Gasteiger partial charge in [0, 0.05) is 29.5 Å². The Morgan fingerprint density at radius 1 is 1.11 bits per heavy atom. The molecule has 138 valence electrons. The summed E-state index contributed by atoms with van der Waals surface area (Å²) in [5, 5.41) is 13.5. The summed E-state index contributed by atoms with van der Waals surface area (Å²) in [7, 11) is -4.42. The van der Waals surface area contributed by atoms with E-state index in [2.05, 4.69) is 5.10 Å². The molecule has 1 aliphatic heterocycles. The van der Waals surface area contributed by atoms with Crippen LogP contribution in [0.5, 0.6) is 11.5 Å². The summed E-state index contributed by atoms with van der Waals surface area (Å²) in [6.07, 6.45) is 5.23. The number of rotatable bonds is 2. The monoisotopic (exact) mass is 384 g/mol. The first-order valence-corrected chi connectivity index (χ1v) is 9.57. The molecule has 0 fully saturated rings. The zero-order chi connectivity index (χ0) is 19.2. The molecule has 0 amide bonds. The van der Waals surface area contributed by atoms with E-state index >= 15 is 0 Å². The highest BCUT2D eigenvalue weighted by Gasteiger charge is 2.38. The molecule has 0 radical (unpaired) electrons. The lowest BCUT2D eigenvalue weighted by Crippen LogP contribution is -2.27. The van der Waals surface area contributed by atoms with E-state index in [4.69, 9.17) is 10.6 Å². The van der Waals surface area contributed by atoms with Crippen molar-refractivity contribution < 1.29 is 22.8 Å². The van der Waals surface area contributed by atoms with Crippen molar-refractivity contribution in [2.24, 2.45) is 16.9 Å². The zero-order valence-corrected chi connectivity index (χ0v) is 14.8. The molecule has 7 nitrogen and oxygen atoms in total. The molecule has 2 aromatic rings. The Bertz CT molecular complexity index is 1120. The maximum absolute atomic E-state index is 11.9. The van der Waals surface area contributed by atoms with E-state index in [1.807, 2.05) is 6.08 Å². The van der Waals surface area contributed by atoms with Crippen LogP contribution in [0.2, 0.25) is 0 Å². The van der Waals surface area contributed by atoms with Gasteiger partial charge in [-0.25, -0.2) is 0 Å². The van der Waals surface area contributed by atoms with Gasteiger partial charge in [-0.1, -0.05) is 30.3 Å². The number of allylic oxidation sites excluding steroid dienone is 3. The van der Waals surface area contributed by atoms with Crippen LogP contribution in [-0.4, -0.2) is 23.8 Å². The molecule has 1 heterocycles. The van der Waals surface area contributed by atoms with E-state index < -0.39 is 16.0 Å². The lowest BCUT2D eigenvalue weighted by Gasteiger charge is -2.36. The molecule has 0 saturated heterocycles. The summed E-state index contributed by atoms with van der Waals surface area (Å²) in [6.45, 7) is 0. The number of hydrazone groups is 1. The summed E-state index contributed by atoms with van der Waals surface area (Å²) in [5.41, 5.74) is 1.64. The fraction of sp³-hybridized carbons (Fsp3) is 0.105. The molecule has 2 atom stereocenters. The Hall–Kier alpha value is -3.10. The van der Waals surface area contributed by atoms with E-state index in [0.717, 1.165) is 0 Å². The quantitative estimate of drug-likeness (QED) is 0.415. The van der Waals surface area contributed by atoms with Crippen LogP contribution in [0.15, 0.2) is 76.4 Å². The van der Waals surface area contributed by atoms with Crippen LogP contribution >= 0.6 is 0 Å². The van der Waals surface area contributed by atoms with E-state index in [0.29, 0.717) is 28.3 Å². The number of nitrogens with two attached hydrogens (primary N) is 1. The first-order valence-electron chi connectivity index (χ1n) is 8.13. The first-order chi connectivity index (χ1) is 12.9. The Balaban J connectivity index is 1.98. The van der Waals surface area contributed by atoms with Crippen LogP contribution in [0.3, 0.4) is 0 Å². The molecule has 27 heavy (non-hydrogen) atoms. The maximum atomic E-state index is 11.9. The number of hydrogen-bond donors (Lipinski definition) is 3. The number of hydrogen-bond acceptors (Lipinski definition) is 6. The van der Waals surface area contributed by atoms with Crippen molar-refractivity contribution in [2.45, 2.75) is 10.8 Å². The van der Waals surface area contributed by atoms with Crippen LogP contribution in [0, 0.1) is 5.92 Å². The summed E-state index contributed by atoms with van der Waals surface area (Å²) in [4.78, 5) is -0.165.